The molecule has 0 N–H and O–H groups in total. The van der Waals surface area contributed by atoms with Crippen molar-refractivity contribution >= 4 is 54.4 Å². The molecule has 6 aromatic carbocycles. The Kier molecular flexibility index (Phi) is 4.90. The smallest absolute Gasteiger partial charge is 0.138 e. The lowest BCUT2D eigenvalue weighted by molar-refractivity contribution is 1.08. The van der Waals surface area contributed by atoms with Crippen LogP contribution in [0, 0.1) is 0 Å². The second kappa shape index (κ2) is 8.92. The number of rotatable bonds is 3. The number of nitrogens with zero attached hydrogens (tertiary/aromatic N) is 3. The van der Waals surface area contributed by atoms with Crippen molar-refractivity contribution in [2.45, 2.75) is 0 Å². The summed E-state index contributed by atoms with van der Waals surface area (Å²) in [7, 11) is 0. The van der Waals surface area contributed by atoms with Gasteiger partial charge in [0.15, 0.2) is 0 Å². The molecule has 0 aliphatic rings. The first-order valence-electron chi connectivity index (χ1n) is 14.3. The highest BCUT2D eigenvalue weighted by atomic mass is 15.1. The van der Waals surface area contributed by atoms with Gasteiger partial charge in [-0.1, -0.05) is 103 Å². The lowest BCUT2D eigenvalue weighted by Crippen LogP contribution is -1.98. The van der Waals surface area contributed by atoms with Crippen molar-refractivity contribution in [1.29, 1.82) is 0 Å². The summed E-state index contributed by atoms with van der Waals surface area (Å²) in [6.45, 7) is 0. The summed E-state index contributed by atoms with van der Waals surface area (Å²) in [5, 5.41) is 7.34. The second-order valence-electron chi connectivity index (χ2n) is 10.8. The quantitative estimate of drug-likeness (QED) is 0.221. The fraction of sp³-hybridized carbons (Fsp3) is 0. The third-order valence-corrected chi connectivity index (χ3v) is 8.51. The molecule has 0 saturated heterocycles. The molecular formula is C39H25N3. The minimum absolute atomic E-state index is 0.915. The van der Waals surface area contributed by atoms with Crippen molar-refractivity contribution in [3.8, 4) is 22.8 Å². The largest absolute Gasteiger partial charge is 0.309 e. The van der Waals surface area contributed by atoms with Crippen LogP contribution in [0.25, 0.3) is 77.1 Å². The van der Waals surface area contributed by atoms with E-state index in [1.165, 1.54) is 43.4 Å². The van der Waals surface area contributed by atoms with Crippen molar-refractivity contribution in [3.63, 3.8) is 0 Å². The van der Waals surface area contributed by atoms with E-state index in [0.29, 0.717) is 0 Å². The van der Waals surface area contributed by atoms with Gasteiger partial charge in [-0.25, -0.2) is 4.98 Å². The molecular weight excluding hydrogens is 510 g/mol. The number of hydrogen-bond acceptors (Lipinski definition) is 1. The van der Waals surface area contributed by atoms with Crippen LogP contribution in [0.3, 0.4) is 0 Å². The number of pyridine rings is 1. The molecule has 0 unspecified atom stereocenters. The van der Waals surface area contributed by atoms with E-state index in [0.717, 1.165) is 33.8 Å². The Labute approximate surface area is 242 Å². The van der Waals surface area contributed by atoms with E-state index in [9.17, 15) is 0 Å². The summed E-state index contributed by atoms with van der Waals surface area (Å²) in [5.41, 5.74) is 7.99. The molecule has 0 amide bonds. The van der Waals surface area contributed by atoms with Gasteiger partial charge in [-0.15, -0.1) is 0 Å². The van der Waals surface area contributed by atoms with Crippen LogP contribution in [0.1, 0.15) is 0 Å². The maximum atomic E-state index is 5.29. The Morgan fingerprint density at radius 2 is 0.952 bits per heavy atom. The summed E-state index contributed by atoms with van der Waals surface area (Å²) >= 11 is 0. The zero-order valence-electron chi connectivity index (χ0n) is 22.8. The number of hydrogen-bond donors (Lipinski definition) is 0. The average Bonchev–Trinajstić information content (AvgIpc) is 3.56. The zero-order chi connectivity index (χ0) is 27.6. The molecule has 0 spiro atoms. The molecule has 3 nitrogen and oxygen atoms in total. The molecule has 9 rings (SSSR count). The molecule has 42 heavy (non-hydrogen) atoms. The third kappa shape index (κ3) is 3.31. The van der Waals surface area contributed by atoms with Crippen LogP contribution < -0.4 is 0 Å². The molecule has 3 aromatic heterocycles. The summed E-state index contributed by atoms with van der Waals surface area (Å²) in [4.78, 5) is 5.29. The lowest BCUT2D eigenvalue weighted by Gasteiger charge is -2.11. The fourth-order valence-electron chi connectivity index (χ4n) is 6.68. The molecule has 196 valence electrons. The van der Waals surface area contributed by atoms with Crippen LogP contribution >= 0.6 is 0 Å². The standard InChI is InChI=1S/C39H25N3/c1-2-14-27(15-3-1)41-35-21-8-6-17-30(35)32-25-38-33(24-37(32)41)31-18-7-9-22-36(31)42(38)39-23-11-20-34(40-39)29-19-10-13-26-12-4-5-16-28(26)29/h1-25H. The molecule has 0 aliphatic carbocycles. The van der Waals surface area contributed by atoms with E-state index in [4.69, 9.17) is 4.98 Å². The van der Waals surface area contributed by atoms with Crippen LogP contribution in [0.5, 0.6) is 0 Å². The second-order valence-corrected chi connectivity index (χ2v) is 10.8. The Balaban J connectivity index is 1.36. The molecule has 3 heteroatoms. The van der Waals surface area contributed by atoms with Gasteiger partial charge in [-0.2, -0.15) is 0 Å². The number of benzene rings is 6. The number of fused-ring (bicyclic) bond motifs is 7. The van der Waals surface area contributed by atoms with E-state index in [1.54, 1.807) is 0 Å². The molecule has 3 heterocycles. The van der Waals surface area contributed by atoms with Crippen molar-refractivity contribution < 1.29 is 0 Å². The van der Waals surface area contributed by atoms with Gasteiger partial charge >= 0.3 is 0 Å². The summed E-state index contributed by atoms with van der Waals surface area (Å²) < 4.78 is 4.71. The molecule has 9 aromatic rings. The van der Waals surface area contributed by atoms with Crippen LogP contribution in [0.2, 0.25) is 0 Å². The van der Waals surface area contributed by atoms with Gasteiger partial charge in [0.25, 0.3) is 0 Å². The SMILES string of the molecule is c1ccc(-n2c3ccccc3c3cc4c(cc32)c2ccccc2n4-c2cccc(-c3cccc4ccccc34)n2)cc1. The van der Waals surface area contributed by atoms with Gasteiger partial charge in [0.2, 0.25) is 0 Å². The Bertz CT molecular complexity index is 2460. The van der Waals surface area contributed by atoms with Gasteiger partial charge in [-0.3, -0.25) is 4.57 Å². The van der Waals surface area contributed by atoms with Crippen LogP contribution in [-0.2, 0) is 0 Å². The predicted molar refractivity (Wildman–Crippen MR) is 176 cm³/mol. The highest BCUT2D eigenvalue weighted by Gasteiger charge is 2.19. The normalized spacial score (nSPS) is 11.8. The monoisotopic (exact) mass is 535 g/mol. The van der Waals surface area contributed by atoms with Crippen molar-refractivity contribution in [1.82, 2.24) is 14.1 Å². The average molecular weight is 536 g/mol. The van der Waals surface area contributed by atoms with E-state index < -0.39 is 0 Å². The van der Waals surface area contributed by atoms with Crippen LogP contribution in [0.4, 0.5) is 0 Å². The van der Waals surface area contributed by atoms with Gasteiger partial charge in [0.05, 0.1) is 27.8 Å². The number of aromatic nitrogens is 3. The maximum absolute atomic E-state index is 5.29. The lowest BCUT2D eigenvalue weighted by atomic mass is 10.0. The van der Waals surface area contributed by atoms with Crippen LogP contribution in [-0.4, -0.2) is 14.1 Å². The molecule has 0 fully saturated rings. The van der Waals surface area contributed by atoms with Gasteiger partial charge in [-0.05, 0) is 59.3 Å². The Morgan fingerprint density at radius 3 is 1.71 bits per heavy atom. The van der Waals surface area contributed by atoms with Crippen molar-refractivity contribution in [3.05, 3.63) is 152 Å². The zero-order valence-corrected chi connectivity index (χ0v) is 22.8. The number of para-hydroxylation sites is 3. The van der Waals surface area contributed by atoms with E-state index >= 15 is 0 Å². The molecule has 0 saturated carbocycles. The first kappa shape index (κ1) is 23.1. The minimum atomic E-state index is 0.915. The molecule has 0 aliphatic heterocycles. The van der Waals surface area contributed by atoms with Crippen molar-refractivity contribution in [2.75, 3.05) is 0 Å². The van der Waals surface area contributed by atoms with Crippen LogP contribution in [0.15, 0.2) is 152 Å². The maximum Gasteiger partial charge on any atom is 0.138 e. The van der Waals surface area contributed by atoms with E-state index in [-0.39, 0.29) is 0 Å². The van der Waals surface area contributed by atoms with Crippen molar-refractivity contribution in [2.24, 2.45) is 0 Å². The Hall–Kier alpha value is -5.67. The topological polar surface area (TPSA) is 22.8 Å². The Morgan fingerprint density at radius 1 is 0.381 bits per heavy atom. The van der Waals surface area contributed by atoms with E-state index in [2.05, 4.69) is 161 Å². The van der Waals surface area contributed by atoms with Gasteiger partial charge in [0, 0.05) is 32.8 Å². The summed E-state index contributed by atoms with van der Waals surface area (Å²) in [6.07, 6.45) is 0. The molecule has 0 bridgehead atoms. The minimum Gasteiger partial charge on any atom is -0.309 e. The molecule has 0 radical (unpaired) electrons. The highest BCUT2D eigenvalue weighted by molar-refractivity contribution is 6.19. The summed E-state index contributed by atoms with van der Waals surface area (Å²) in [5.74, 6) is 0.915. The third-order valence-electron chi connectivity index (χ3n) is 8.51. The summed E-state index contributed by atoms with van der Waals surface area (Å²) in [6, 6.07) is 54.1. The first-order valence-corrected chi connectivity index (χ1v) is 14.3. The van der Waals surface area contributed by atoms with Gasteiger partial charge < -0.3 is 4.57 Å². The van der Waals surface area contributed by atoms with Gasteiger partial charge in [0.1, 0.15) is 5.82 Å². The predicted octanol–water partition coefficient (Wildman–Crippen LogP) is 10.1. The first-order chi connectivity index (χ1) is 20.8. The van der Waals surface area contributed by atoms with E-state index in [1.807, 2.05) is 0 Å². The highest BCUT2D eigenvalue weighted by Crippen LogP contribution is 2.39. The fourth-order valence-corrected chi connectivity index (χ4v) is 6.68. The molecule has 0 atom stereocenters.